The summed E-state index contributed by atoms with van der Waals surface area (Å²) in [7, 11) is 0. The second-order valence-corrected chi connectivity index (χ2v) is 8.81. The fourth-order valence-electron chi connectivity index (χ4n) is 5.86. The quantitative estimate of drug-likeness (QED) is 0.535. The number of esters is 1. The van der Waals surface area contributed by atoms with Crippen molar-refractivity contribution in [2.24, 2.45) is 22.7 Å². The predicted octanol–water partition coefficient (Wildman–Crippen LogP) is 4.31. The Morgan fingerprint density at radius 2 is 1.71 bits per heavy atom. The van der Waals surface area contributed by atoms with E-state index in [0.717, 1.165) is 38.5 Å². The predicted molar refractivity (Wildman–Crippen MR) is 85.6 cm³/mol. The van der Waals surface area contributed by atoms with Crippen molar-refractivity contribution in [1.82, 2.24) is 0 Å². The van der Waals surface area contributed by atoms with Crippen LogP contribution in [0.1, 0.15) is 58.8 Å². The van der Waals surface area contributed by atoms with E-state index in [0.29, 0.717) is 30.8 Å². The van der Waals surface area contributed by atoms with Gasteiger partial charge in [-0.3, -0.25) is 4.79 Å². The molecule has 0 spiro atoms. The Bertz CT molecular complexity index is 562. The van der Waals surface area contributed by atoms with Crippen LogP contribution >= 0.6 is 0 Å². The van der Waals surface area contributed by atoms with Crippen LogP contribution in [0.15, 0.2) is 12.2 Å². The minimum absolute atomic E-state index is 0.0543. The molecule has 4 aliphatic carbocycles. The fourth-order valence-corrected chi connectivity index (χ4v) is 5.86. The van der Waals surface area contributed by atoms with Crippen molar-refractivity contribution in [3.63, 3.8) is 0 Å². The summed E-state index contributed by atoms with van der Waals surface area (Å²) in [6, 6.07) is 0. The number of hydrogen-bond acceptors (Lipinski definition) is 3. The lowest BCUT2D eigenvalue weighted by Crippen LogP contribution is -2.54. The summed E-state index contributed by atoms with van der Waals surface area (Å²) in [5, 5.41) is 0. The van der Waals surface area contributed by atoms with Crippen molar-refractivity contribution >= 4 is 11.8 Å². The van der Waals surface area contributed by atoms with Gasteiger partial charge in [0.2, 0.25) is 0 Å². The maximum atomic E-state index is 13.1. The van der Waals surface area contributed by atoms with Crippen LogP contribution in [0.4, 0.5) is 8.78 Å². The van der Waals surface area contributed by atoms with Crippen molar-refractivity contribution in [2.75, 3.05) is 6.61 Å². The SMILES string of the molecule is C=C(C)C(=O)CC12CC3CC(CC(COC(=O)C(C)(F)F)(C3)C1)C2. The molecule has 5 heteroatoms. The standard InChI is InChI=1S/C19H26F2O3/c1-12(2)15(22)9-18-5-13-4-14(6-18)8-19(7-13,10-18)11-24-16(23)17(3,20)21/h13-14H,1,4-11H2,2-3H3. The Balaban J connectivity index is 1.74. The highest BCUT2D eigenvalue weighted by Gasteiger charge is 2.58. The van der Waals surface area contributed by atoms with Gasteiger partial charge in [-0.15, -0.1) is 0 Å². The first-order valence-corrected chi connectivity index (χ1v) is 8.76. The number of rotatable bonds is 6. The first-order valence-electron chi connectivity index (χ1n) is 8.76. The molecule has 24 heavy (non-hydrogen) atoms. The Hall–Kier alpha value is -1.26. The minimum Gasteiger partial charge on any atom is -0.461 e. The first-order chi connectivity index (χ1) is 11.0. The molecule has 0 aromatic heterocycles. The number of allylic oxidation sites excluding steroid dienone is 1. The van der Waals surface area contributed by atoms with Crippen molar-refractivity contribution in [2.45, 2.75) is 64.7 Å². The summed E-state index contributed by atoms with van der Waals surface area (Å²) < 4.78 is 31.2. The number of alkyl halides is 2. The van der Waals surface area contributed by atoms with E-state index < -0.39 is 11.9 Å². The van der Waals surface area contributed by atoms with Gasteiger partial charge in [0.15, 0.2) is 5.78 Å². The molecule has 0 radical (unpaired) electrons. The monoisotopic (exact) mass is 340 g/mol. The van der Waals surface area contributed by atoms with Crippen LogP contribution in [0.3, 0.4) is 0 Å². The molecule has 134 valence electrons. The van der Waals surface area contributed by atoms with Crippen molar-refractivity contribution in [3.05, 3.63) is 12.2 Å². The average Bonchev–Trinajstić information content (AvgIpc) is 2.41. The van der Waals surface area contributed by atoms with E-state index in [-0.39, 0.29) is 23.2 Å². The lowest BCUT2D eigenvalue weighted by molar-refractivity contribution is -0.185. The Morgan fingerprint density at radius 1 is 1.17 bits per heavy atom. The lowest BCUT2D eigenvalue weighted by Gasteiger charge is -2.62. The van der Waals surface area contributed by atoms with E-state index in [4.69, 9.17) is 4.74 Å². The van der Waals surface area contributed by atoms with Gasteiger partial charge in [0.05, 0.1) is 6.61 Å². The summed E-state index contributed by atoms with van der Waals surface area (Å²) >= 11 is 0. The van der Waals surface area contributed by atoms with E-state index in [1.165, 1.54) is 0 Å². The number of hydrogen-bond donors (Lipinski definition) is 0. The molecule has 0 heterocycles. The van der Waals surface area contributed by atoms with Crippen LogP contribution in [0, 0.1) is 22.7 Å². The molecule has 0 saturated heterocycles. The topological polar surface area (TPSA) is 43.4 Å². The Labute approximate surface area is 141 Å². The maximum absolute atomic E-state index is 13.1. The zero-order valence-corrected chi connectivity index (χ0v) is 14.5. The zero-order valence-electron chi connectivity index (χ0n) is 14.5. The van der Waals surface area contributed by atoms with E-state index >= 15 is 0 Å². The van der Waals surface area contributed by atoms with Crippen LogP contribution < -0.4 is 0 Å². The Morgan fingerprint density at radius 3 is 2.21 bits per heavy atom. The highest BCUT2D eigenvalue weighted by Crippen LogP contribution is 2.66. The Kier molecular flexibility index (Phi) is 4.12. The fraction of sp³-hybridized carbons (Fsp3) is 0.789. The summed E-state index contributed by atoms with van der Waals surface area (Å²) in [6.07, 6.45) is 6.36. The highest BCUT2D eigenvalue weighted by atomic mass is 19.3. The van der Waals surface area contributed by atoms with Gasteiger partial charge in [0.25, 0.3) is 0 Å². The summed E-state index contributed by atoms with van der Waals surface area (Å²) in [4.78, 5) is 23.7. The largest absolute Gasteiger partial charge is 0.461 e. The molecule has 4 rings (SSSR count). The van der Waals surface area contributed by atoms with Crippen LogP contribution in [-0.4, -0.2) is 24.3 Å². The number of ketones is 1. The molecule has 3 nitrogen and oxygen atoms in total. The van der Waals surface area contributed by atoms with E-state index in [9.17, 15) is 18.4 Å². The minimum atomic E-state index is -3.45. The van der Waals surface area contributed by atoms with Gasteiger partial charge in [-0.05, 0) is 68.3 Å². The van der Waals surface area contributed by atoms with E-state index in [1.54, 1.807) is 6.92 Å². The van der Waals surface area contributed by atoms with Crippen LogP contribution in [0.25, 0.3) is 0 Å². The zero-order chi connectivity index (χ0) is 17.8. The number of Topliss-reactive ketones (excluding diaryl/α,β-unsaturated/α-hetero) is 1. The van der Waals surface area contributed by atoms with Crippen molar-refractivity contribution in [3.8, 4) is 0 Å². The lowest BCUT2D eigenvalue weighted by atomic mass is 9.43. The first kappa shape index (κ1) is 17.6. The number of halogens is 2. The van der Waals surface area contributed by atoms with Gasteiger partial charge in [0, 0.05) is 18.8 Å². The van der Waals surface area contributed by atoms with Gasteiger partial charge in [0.1, 0.15) is 0 Å². The molecule has 4 aliphatic rings. The number of ether oxygens (including phenoxy) is 1. The van der Waals surface area contributed by atoms with Gasteiger partial charge < -0.3 is 4.74 Å². The van der Waals surface area contributed by atoms with Crippen LogP contribution in [-0.2, 0) is 14.3 Å². The molecule has 0 aromatic rings. The van der Waals surface area contributed by atoms with Gasteiger partial charge >= 0.3 is 11.9 Å². The van der Waals surface area contributed by atoms with Crippen LogP contribution in [0.5, 0.6) is 0 Å². The molecule has 2 unspecified atom stereocenters. The third-order valence-electron chi connectivity index (χ3n) is 6.18. The molecule has 4 bridgehead atoms. The normalized spacial score (nSPS) is 37.3. The van der Waals surface area contributed by atoms with Crippen LogP contribution in [0.2, 0.25) is 0 Å². The molecule has 0 aromatic carbocycles. The molecule has 4 saturated carbocycles. The maximum Gasteiger partial charge on any atom is 0.376 e. The second-order valence-electron chi connectivity index (χ2n) is 8.81. The summed E-state index contributed by atoms with van der Waals surface area (Å²) in [5.41, 5.74) is 0.304. The molecule has 0 amide bonds. The summed E-state index contributed by atoms with van der Waals surface area (Å²) in [5.74, 6) is -3.75. The number of carbonyl (C=O) groups excluding carboxylic acids is 2. The van der Waals surface area contributed by atoms with Crippen molar-refractivity contribution < 1.29 is 23.1 Å². The third-order valence-corrected chi connectivity index (χ3v) is 6.18. The molecule has 0 aliphatic heterocycles. The van der Waals surface area contributed by atoms with Gasteiger partial charge in [-0.25, -0.2) is 4.79 Å². The van der Waals surface area contributed by atoms with E-state index in [2.05, 4.69) is 6.58 Å². The smallest absolute Gasteiger partial charge is 0.376 e. The summed E-state index contributed by atoms with van der Waals surface area (Å²) in [6.45, 7) is 6.13. The molecule has 2 atom stereocenters. The number of carbonyl (C=O) groups is 2. The van der Waals surface area contributed by atoms with Gasteiger partial charge in [-0.2, -0.15) is 8.78 Å². The second kappa shape index (κ2) is 5.63. The average molecular weight is 340 g/mol. The molecule has 4 fully saturated rings. The van der Waals surface area contributed by atoms with E-state index in [1.807, 2.05) is 0 Å². The van der Waals surface area contributed by atoms with Crippen molar-refractivity contribution in [1.29, 1.82) is 0 Å². The molecule has 0 N–H and O–H groups in total. The molecular formula is C19H26F2O3. The highest BCUT2D eigenvalue weighted by molar-refractivity contribution is 5.94. The third kappa shape index (κ3) is 3.27. The molecular weight excluding hydrogens is 314 g/mol. The van der Waals surface area contributed by atoms with Gasteiger partial charge in [-0.1, -0.05) is 6.58 Å².